The zero-order chi connectivity index (χ0) is 13.7. The summed E-state index contributed by atoms with van der Waals surface area (Å²) in [5.41, 5.74) is 0.985. The molecule has 4 nitrogen and oxygen atoms in total. The van der Waals surface area contributed by atoms with Crippen LogP contribution in [-0.2, 0) is 11.3 Å². The van der Waals surface area contributed by atoms with Crippen molar-refractivity contribution in [2.24, 2.45) is 0 Å². The maximum Gasteiger partial charge on any atom is 0.304 e. The molecule has 1 aliphatic rings. The highest BCUT2D eigenvalue weighted by Crippen LogP contribution is 2.10. The van der Waals surface area contributed by atoms with Crippen molar-refractivity contribution in [2.45, 2.75) is 13.0 Å². The quantitative estimate of drug-likeness (QED) is 0.875. The highest BCUT2D eigenvalue weighted by Gasteiger charge is 2.17. The third-order valence-corrected chi connectivity index (χ3v) is 3.40. The lowest BCUT2D eigenvalue weighted by Gasteiger charge is -2.34. The van der Waals surface area contributed by atoms with Crippen LogP contribution >= 0.6 is 0 Å². The Morgan fingerprint density at radius 1 is 1.21 bits per heavy atom. The Bertz CT molecular complexity index is 431. The van der Waals surface area contributed by atoms with Crippen molar-refractivity contribution in [2.75, 3.05) is 32.7 Å². The van der Waals surface area contributed by atoms with Crippen LogP contribution in [0.3, 0.4) is 0 Å². The van der Waals surface area contributed by atoms with Crippen LogP contribution in [0, 0.1) is 5.82 Å². The summed E-state index contributed by atoms with van der Waals surface area (Å²) in [6.45, 7) is 4.92. The number of nitrogens with zero attached hydrogens (tertiary/aromatic N) is 2. The highest BCUT2D eigenvalue weighted by atomic mass is 19.1. The van der Waals surface area contributed by atoms with Crippen molar-refractivity contribution < 1.29 is 14.3 Å². The molecule has 0 aromatic heterocycles. The third kappa shape index (κ3) is 4.61. The molecule has 104 valence electrons. The van der Waals surface area contributed by atoms with Gasteiger partial charge in [0.05, 0.1) is 6.42 Å². The number of hydrogen-bond acceptors (Lipinski definition) is 3. The molecule has 0 bridgehead atoms. The second-order valence-electron chi connectivity index (χ2n) is 4.89. The molecular weight excluding hydrogens is 247 g/mol. The number of benzene rings is 1. The predicted octanol–water partition coefficient (Wildman–Crippen LogP) is 1.42. The number of rotatable bonds is 5. The average Bonchev–Trinajstić information content (AvgIpc) is 2.38. The Morgan fingerprint density at radius 2 is 1.89 bits per heavy atom. The molecule has 0 atom stereocenters. The van der Waals surface area contributed by atoms with Gasteiger partial charge in [0.1, 0.15) is 5.82 Å². The SMILES string of the molecule is O=C(O)CCN1CCN(Cc2cccc(F)c2)CC1. The van der Waals surface area contributed by atoms with Crippen molar-refractivity contribution in [3.63, 3.8) is 0 Å². The van der Waals surface area contributed by atoms with Gasteiger partial charge in [0.15, 0.2) is 0 Å². The Labute approximate surface area is 112 Å². The Kier molecular flexibility index (Phi) is 4.87. The number of carboxylic acid groups (broad SMARTS) is 1. The number of piperazine rings is 1. The van der Waals surface area contributed by atoms with Crippen molar-refractivity contribution >= 4 is 5.97 Å². The van der Waals surface area contributed by atoms with E-state index in [0.29, 0.717) is 6.54 Å². The lowest BCUT2D eigenvalue weighted by molar-refractivity contribution is -0.137. The molecule has 0 unspecified atom stereocenters. The van der Waals surface area contributed by atoms with E-state index in [2.05, 4.69) is 9.80 Å². The van der Waals surface area contributed by atoms with Gasteiger partial charge in [-0.3, -0.25) is 9.69 Å². The third-order valence-electron chi connectivity index (χ3n) is 3.40. The lowest BCUT2D eigenvalue weighted by atomic mass is 10.2. The van der Waals surface area contributed by atoms with Crippen LogP contribution < -0.4 is 0 Å². The Hall–Kier alpha value is -1.46. The van der Waals surface area contributed by atoms with Gasteiger partial charge in [0.2, 0.25) is 0 Å². The zero-order valence-corrected chi connectivity index (χ0v) is 10.9. The molecule has 1 heterocycles. The fourth-order valence-corrected chi connectivity index (χ4v) is 2.32. The molecule has 1 aromatic rings. The first kappa shape index (κ1) is 14.0. The normalized spacial score (nSPS) is 17.5. The summed E-state index contributed by atoms with van der Waals surface area (Å²) in [7, 11) is 0. The van der Waals surface area contributed by atoms with Crippen LogP contribution in [0.15, 0.2) is 24.3 Å². The highest BCUT2D eigenvalue weighted by molar-refractivity contribution is 5.66. The molecule has 0 radical (unpaired) electrons. The minimum Gasteiger partial charge on any atom is -0.481 e. The fraction of sp³-hybridized carbons (Fsp3) is 0.500. The second kappa shape index (κ2) is 6.63. The molecule has 1 aliphatic heterocycles. The van der Waals surface area contributed by atoms with Gasteiger partial charge in [-0.15, -0.1) is 0 Å². The number of aliphatic carboxylic acids is 1. The van der Waals surface area contributed by atoms with Gasteiger partial charge in [-0.2, -0.15) is 0 Å². The number of halogens is 1. The van der Waals surface area contributed by atoms with E-state index in [1.54, 1.807) is 12.1 Å². The van der Waals surface area contributed by atoms with Crippen molar-refractivity contribution in [3.05, 3.63) is 35.6 Å². The van der Waals surface area contributed by atoms with E-state index in [1.807, 2.05) is 6.07 Å². The average molecular weight is 266 g/mol. The van der Waals surface area contributed by atoms with Crippen LogP contribution in [0.4, 0.5) is 4.39 Å². The van der Waals surface area contributed by atoms with Crippen molar-refractivity contribution in [1.82, 2.24) is 9.80 Å². The number of carbonyl (C=O) groups is 1. The summed E-state index contributed by atoms with van der Waals surface area (Å²) in [6.07, 6.45) is 0.198. The zero-order valence-electron chi connectivity index (χ0n) is 10.9. The van der Waals surface area contributed by atoms with Crippen molar-refractivity contribution in [3.8, 4) is 0 Å². The number of carboxylic acids is 1. The minimum absolute atomic E-state index is 0.197. The summed E-state index contributed by atoms with van der Waals surface area (Å²) in [5, 5.41) is 8.64. The van der Waals surface area contributed by atoms with E-state index in [9.17, 15) is 9.18 Å². The van der Waals surface area contributed by atoms with Gasteiger partial charge in [-0.05, 0) is 17.7 Å². The van der Waals surface area contributed by atoms with Crippen LogP contribution in [-0.4, -0.2) is 53.6 Å². The van der Waals surface area contributed by atoms with E-state index in [0.717, 1.165) is 38.3 Å². The van der Waals surface area contributed by atoms with Crippen LogP contribution in [0.5, 0.6) is 0 Å². The minimum atomic E-state index is -0.748. The maximum absolute atomic E-state index is 13.1. The largest absolute Gasteiger partial charge is 0.481 e. The molecule has 5 heteroatoms. The molecule has 1 N–H and O–H groups in total. The van der Waals surface area contributed by atoms with Gasteiger partial charge in [0, 0.05) is 39.3 Å². The standard InChI is InChI=1S/C14H19FN2O2/c15-13-3-1-2-12(10-13)11-17-8-6-16(7-9-17)5-4-14(18)19/h1-3,10H,4-9,11H2,(H,18,19). The first-order valence-electron chi connectivity index (χ1n) is 6.54. The summed E-state index contributed by atoms with van der Waals surface area (Å²) < 4.78 is 13.1. The van der Waals surface area contributed by atoms with E-state index >= 15 is 0 Å². The van der Waals surface area contributed by atoms with Gasteiger partial charge in [-0.25, -0.2) is 4.39 Å². The topological polar surface area (TPSA) is 43.8 Å². The van der Waals surface area contributed by atoms with Gasteiger partial charge < -0.3 is 10.0 Å². The first-order chi connectivity index (χ1) is 9.13. The van der Waals surface area contributed by atoms with Gasteiger partial charge >= 0.3 is 5.97 Å². The summed E-state index contributed by atoms with van der Waals surface area (Å²) in [5.74, 6) is -0.945. The van der Waals surface area contributed by atoms with Crippen LogP contribution in [0.2, 0.25) is 0 Å². The fourth-order valence-electron chi connectivity index (χ4n) is 2.32. The molecular formula is C14H19FN2O2. The smallest absolute Gasteiger partial charge is 0.304 e. The molecule has 1 saturated heterocycles. The summed E-state index contributed by atoms with van der Waals surface area (Å²) in [6, 6.07) is 6.68. The first-order valence-corrected chi connectivity index (χ1v) is 6.54. The molecule has 1 fully saturated rings. The van der Waals surface area contributed by atoms with E-state index in [4.69, 9.17) is 5.11 Å². The molecule has 19 heavy (non-hydrogen) atoms. The molecule has 1 aromatic carbocycles. The van der Waals surface area contributed by atoms with Crippen molar-refractivity contribution in [1.29, 1.82) is 0 Å². The predicted molar refractivity (Wildman–Crippen MR) is 70.4 cm³/mol. The molecule has 0 amide bonds. The molecule has 0 saturated carbocycles. The van der Waals surface area contributed by atoms with Gasteiger partial charge in [0.25, 0.3) is 0 Å². The van der Waals surface area contributed by atoms with E-state index in [-0.39, 0.29) is 12.2 Å². The Morgan fingerprint density at radius 3 is 2.53 bits per heavy atom. The molecule has 0 aliphatic carbocycles. The van der Waals surface area contributed by atoms with E-state index < -0.39 is 5.97 Å². The lowest BCUT2D eigenvalue weighted by Crippen LogP contribution is -2.46. The second-order valence-corrected chi connectivity index (χ2v) is 4.89. The van der Waals surface area contributed by atoms with E-state index in [1.165, 1.54) is 6.07 Å². The summed E-state index contributed by atoms with van der Waals surface area (Å²) in [4.78, 5) is 14.9. The Balaban J connectivity index is 1.75. The summed E-state index contributed by atoms with van der Waals surface area (Å²) >= 11 is 0. The van der Waals surface area contributed by atoms with Crippen LogP contribution in [0.1, 0.15) is 12.0 Å². The number of hydrogen-bond donors (Lipinski definition) is 1. The molecule has 0 spiro atoms. The monoisotopic (exact) mass is 266 g/mol. The molecule has 2 rings (SSSR count). The maximum atomic E-state index is 13.1. The van der Waals surface area contributed by atoms with Crippen LogP contribution in [0.25, 0.3) is 0 Å². The van der Waals surface area contributed by atoms with Gasteiger partial charge in [-0.1, -0.05) is 12.1 Å².